The monoisotopic (exact) mass is 289 g/mol. The summed E-state index contributed by atoms with van der Waals surface area (Å²) in [6.45, 7) is 0. The lowest BCUT2D eigenvalue weighted by Crippen LogP contribution is -2.17. The molecule has 0 amide bonds. The normalized spacial score (nSPS) is 15.8. The third-order valence-electron chi connectivity index (χ3n) is 3.40. The zero-order valence-electron chi connectivity index (χ0n) is 10.8. The lowest BCUT2D eigenvalue weighted by atomic mass is 10.1. The minimum atomic E-state index is -3.75. The largest absolute Gasteiger partial charge is 0.380 e. The molecule has 6 heteroatoms. The van der Waals surface area contributed by atoms with Crippen molar-refractivity contribution in [3.63, 3.8) is 0 Å². The van der Waals surface area contributed by atoms with Crippen molar-refractivity contribution in [1.82, 2.24) is 4.98 Å². The van der Waals surface area contributed by atoms with Gasteiger partial charge in [-0.2, -0.15) is 0 Å². The molecule has 0 bridgehead atoms. The summed E-state index contributed by atoms with van der Waals surface area (Å²) in [4.78, 5) is 4.40. The lowest BCUT2D eigenvalue weighted by Gasteiger charge is -2.16. The zero-order valence-corrected chi connectivity index (χ0v) is 11.6. The molecule has 0 unspecified atom stereocenters. The first kappa shape index (κ1) is 13.1. The summed E-state index contributed by atoms with van der Waals surface area (Å²) in [7, 11) is -3.75. The second-order valence-corrected chi connectivity index (χ2v) is 6.37. The molecule has 0 saturated carbocycles. The average Bonchev–Trinajstić information content (AvgIpc) is 2.90. The maximum absolute atomic E-state index is 11.6. The second-order valence-electron chi connectivity index (χ2n) is 4.84. The molecule has 1 aromatic carbocycles. The van der Waals surface area contributed by atoms with Gasteiger partial charge in [0.05, 0.1) is 16.1 Å². The van der Waals surface area contributed by atoms with Crippen LogP contribution in [0.25, 0.3) is 10.9 Å². The van der Waals surface area contributed by atoms with Gasteiger partial charge in [-0.05, 0) is 37.1 Å². The number of nitrogens with one attached hydrogen (secondary N) is 1. The standard InChI is InChI=1S/C14H15N3O2S/c15-20(18,19)13-8-7-12(17-10-4-1-2-5-10)14-11(13)6-3-9-16-14/h1-3,6-10,17H,4-5H2,(H2,15,18,19). The summed E-state index contributed by atoms with van der Waals surface area (Å²) in [6, 6.07) is 7.02. The Balaban J connectivity index is 2.11. The third kappa shape index (κ3) is 2.39. The quantitative estimate of drug-likeness (QED) is 0.846. The van der Waals surface area contributed by atoms with E-state index < -0.39 is 10.0 Å². The van der Waals surface area contributed by atoms with Crippen molar-refractivity contribution in [1.29, 1.82) is 0 Å². The number of pyridine rings is 1. The minimum Gasteiger partial charge on any atom is -0.380 e. The molecule has 0 radical (unpaired) electrons. The van der Waals surface area contributed by atoms with Crippen LogP contribution in [0.5, 0.6) is 0 Å². The fraction of sp³-hybridized carbons (Fsp3) is 0.214. The number of fused-ring (bicyclic) bond motifs is 1. The first-order valence-corrected chi connectivity index (χ1v) is 7.92. The van der Waals surface area contributed by atoms with Crippen LogP contribution in [0.4, 0.5) is 5.69 Å². The van der Waals surface area contributed by atoms with Crippen LogP contribution >= 0.6 is 0 Å². The van der Waals surface area contributed by atoms with E-state index in [-0.39, 0.29) is 4.90 Å². The molecule has 1 aliphatic rings. The highest BCUT2D eigenvalue weighted by Gasteiger charge is 2.17. The summed E-state index contributed by atoms with van der Waals surface area (Å²) in [5.41, 5.74) is 1.47. The first-order chi connectivity index (χ1) is 9.55. The second kappa shape index (κ2) is 4.88. The number of nitrogens with two attached hydrogens (primary N) is 1. The van der Waals surface area contributed by atoms with Gasteiger partial charge < -0.3 is 5.32 Å². The van der Waals surface area contributed by atoms with Crippen LogP contribution in [-0.4, -0.2) is 19.4 Å². The number of anilines is 1. The van der Waals surface area contributed by atoms with Crippen LogP contribution < -0.4 is 10.5 Å². The molecule has 3 N–H and O–H groups in total. The fourth-order valence-electron chi connectivity index (χ4n) is 2.47. The molecular weight excluding hydrogens is 274 g/mol. The Hall–Kier alpha value is -1.92. The summed E-state index contributed by atoms with van der Waals surface area (Å²) < 4.78 is 23.2. The van der Waals surface area contributed by atoms with E-state index >= 15 is 0 Å². The third-order valence-corrected chi connectivity index (χ3v) is 4.37. The van der Waals surface area contributed by atoms with Gasteiger partial charge in [0.1, 0.15) is 0 Å². The molecule has 20 heavy (non-hydrogen) atoms. The van der Waals surface area contributed by atoms with Gasteiger partial charge in [0, 0.05) is 17.6 Å². The summed E-state index contributed by atoms with van der Waals surface area (Å²) in [6.07, 6.45) is 7.84. The maximum atomic E-state index is 11.6. The fourth-order valence-corrected chi connectivity index (χ4v) is 3.20. The van der Waals surface area contributed by atoms with Gasteiger partial charge >= 0.3 is 0 Å². The molecule has 0 atom stereocenters. The average molecular weight is 289 g/mol. The van der Waals surface area contributed by atoms with Crippen molar-refractivity contribution in [3.8, 4) is 0 Å². The van der Waals surface area contributed by atoms with Crippen molar-refractivity contribution in [3.05, 3.63) is 42.6 Å². The predicted molar refractivity (Wildman–Crippen MR) is 78.9 cm³/mol. The topological polar surface area (TPSA) is 85.1 Å². The zero-order chi connectivity index (χ0) is 14.2. The van der Waals surface area contributed by atoms with Crippen LogP contribution in [0.1, 0.15) is 12.8 Å². The first-order valence-electron chi connectivity index (χ1n) is 6.38. The number of aromatic nitrogens is 1. The van der Waals surface area contributed by atoms with E-state index in [1.165, 1.54) is 6.07 Å². The molecule has 0 aliphatic heterocycles. The van der Waals surface area contributed by atoms with E-state index in [0.717, 1.165) is 18.5 Å². The van der Waals surface area contributed by atoms with Crippen LogP contribution in [-0.2, 0) is 10.0 Å². The molecule has 3 rings (SSSR count). The van der Waals surface area contributed by atoms with E-state index in [0.29, 0.717) is 16.9 Å². The van der Waals surface area contributed by atoms with Crippen molar-refractivity contribution in [2.24, 2.45) is 5.14 Å². The molecule has 1 aliphatic carbocycles. The number of nitrogens with zero attached hydrogens (tertiary/aromatic N) is 1. The molecule has 1 heterocycles. The Morgan fingerprint density at radius 3 is 2.65 bits per heavy atom. The number of sulfonamides is 1. The number of hydrogen-bond acceptors (Lipinski definition) is 4. The molecule has 0 saturated heterocycles. The van der Waals surface area contributed by atoms with Gasteiger partial charge in [0.25, 0.3) is 0 Å². The van der Waals surface area contributed by atoms with Crippen molar-refractivity contribution < 1.29 is 8.42 Å². The van der Waals surface area contributed by atoms with Crippen molar-refractivity contribution in [2.45, 2.75) is 23.8 Å². The Bertz CT molecular complexity index is 776. The van der Waals surface area contributed by atoms with Crippen LogP contribution in [0.3, 0.4) is 0 Å². The van der Waals surface area contributed by atoms with E-state index in [1.807, 2.05) is 0 Å². The lowest BCUT2D eigenvalue weighted by molar-refractivity contribution is 0.598. The van der Waals surface area contributed by atoms with E-state index in [4.69, 9.17) is 5.14 Å². The van der Waals surface area contributed by atoms with Gasteiger partial charge in [-0.3, -0.25) is 4.98 Å². The smallest absolute Gasteiger partial charge is 0.238 e. The maximum Gasteiger partial charge on any atom is 0.238 e. The Kier molecular flexibility index (Phi) is 3.19. The minimum absolute atomic E-state index is 0.107. The Morgan fingerprint density at radius 1 is 1.20 bits per heavy atom. The predicted octanol–water partition coefficient (Wildman–Crippen LogP) is 2.01. The number of hydrogen-bond donors (Lipinski definition) is 2. The van der Waals surface area contributed by atoms with Gasteiger partial charge in [-0.25, -0.2) is 13.6 Å². The summed E-state index contributed by atoms with van der Waals surface area (Å²) >= 11 is 0. The molecule has 2 aromatic rings. The van der Waals surface area contributed by atoms with Crippen LogP contribution in [0.15, 0.2) is 47.5 Å². The van der Waals surface area contributed by atoms with Crippen LogP contribution in [0.2, 0.25) is 0 Å². The highest BCUT2D eigenvalue weighted by molar-refractivity contribution is 7.89. The molecule has 5 nitrogen and oxygen atoms in total. The van der Waals surface area contributed by atoms with Gasteiger partial charge in [-0.15, -0.1) is 0 Å². The summed E-state index contributed by atoms with van der Waals surface area (Å²) in [5, 5.41) is 9.20. The molecule has 104 valence electrons. The van der Waals surface area contributed by atoms with Gasteiger partial charge in [-0.1, -0.05) is 12.2 Å². The number of benzene rings is 1. The van der Waals surface area contributed by atoms with Gasteiger partial charge in [0.15, 0.2) is 0 Å². The number of primary sulfonamides is 1. The SMILES string of the molecule is NS(=O)(=O)c1ccc(NC2CC=CC2)c2ncccc12. The van der Waals surface area contributed by atoms with E-state index in [1.54, 1.807) is 24.4 Å². The van der Waals surface area contributed by atoms with Gasteiger partial charge in [0.2, 0.25) is 10.0 Å². The molecule has 0 fully saturated rings. The van der Waals surface area contributed by atoms with Crippen molar-refractivity contribution >= 4 is 26.6 Å². The highest BCUT2D eigenvalue weighted by atomic mass is 32.2. The highest BCUT2D eigenvalue weighted by Crippen LogP contribution is 2.28. The van der Waals surface area contributed by atoms with Crippen LogP contribution in [0, 0.1) is 0 Å². The molecule has 1 aromatic heterocycles. The summed E-state index contributed by atoms with van der Waals surface area (Å²) in [5.74, 6) is 0. The molecular formula is C14H15N3O2S. The Labute approximate surface area is 117 Å². The van der Waals surface area contributed by atoms with E-state index in [2.05, 4.69) is 22.5 Å². The van der Waals surface area contributed by atoms with Crippen molar-refractivity contribution in [2.75, 3.05) is 5.32 Å². The Morgan fingerprint density at radius 2 is 1.95 bits per heavy atom. The number of rotatable bonds is 3. The van der Waals surface area contributed by atoms with E-state index in [9.17, 15) is 8.42 Å². The molecule has 0 spiro atoms.